The van der Waals surface area contributed by atoms with E-state index in [4.69, 9.17) is 11.6 Å². The number of hydrogen-bond acceptors (Lipinski definition) is 7. The number of halogens is 1. The Hall–Kier alpha value is -4.18. The van der Waals surface area contributed by atoms with Crippen molar-refractivity contribution in [3.63, 3.8) is 0 Å². The van der Waals surface area contributed by atoms with Crippen LogP contribution >= 0.6 is 0 Å². The Kier molecular flexibility index (Phi) is 25.5. The summed E-state index contributed by atoms with van der Waals surface area (Å²) in [4.78, 5) is 38.3. The number of rotatable bonds is 10. The van der Waals surface area contributed by atoms with Crippen LogP contribution in [0, 0.1) is 18.8 Å². The van der Waals surface area contributed by atoms with Crippen molar-refractivity contribution in [1.29, 1.82) is 0 Å². The van der Waals surface area contributed by atoms with E-state index in [1.165, 1.54) is 31.2 Å². The van der Waals surface area contributed by atoms with Crippen LogP contribution < -0.4 is 22.3 Å². The maximum atomic E-state index is 11.5. The number of hydrazine groups is 1. The van der Waals surface area contributed by atoms with Gasteiger partial charge in [0.05, 0.1) is 11.6 Å². The number of nitrogens with zero attached hydrogens (tertiary/aromatic N) is 1. The molecule has 0 radical (unpaired) electrons. The van der Waals surface area contributed by atoms with E-state index in [-0.39, 0.29) is 29.7 Å². The second-order valence-corrected chi connectivity index (χ2v) is 11.5. The summed E-state index contributed by atoms with van der Waals surface area (Å²) in [6, 6.07) is 19.7. The van der Waals surface area contributed by atoms with Crippen molar-refractivity contribution in [2.75, 3.05) is 13.6 Å². The second-order valence-electron chi connectivity index (χ2n) is 11.5. The molecule has 48 heavy (non-hydrogen) atoms. The van der Waals surface area contributed by atoms with Crippen LogP contribution in [-0.4, -0.2) is 42.3 Å². The first-order valence-electron chi connectivity index (χ1n) is 17.1. The first kappa shape index (κ1) is 43.8. The number of aryl methyl sites for hydroxylation is 1. The Morgan fingerprint density at radius 1 is 1.00 bits per heavy atom. The predicted molar refractivity (Wildman–Crippen MR) is 194 cm³/mol. The van der Waals surface area contributed by atoms with Gasteiger partial charge >= 0.3 is 5.97 Å². The summed E-state index contributed by atoms with van der Waals surface area (Å²) in [5.74, 6) is 4.38. The third kappa shape index (κ3) is 19.5. The SMILES string of the molecule is CCC.CCC(=O)N1CCCC1C(=O)NC.CCCCC/C=C\C1CC1C(=O)OF.Cc1ccccc1.NN/C=C(\N)c1ccccc1. The normalized spacial score (nSPS) is 17.5. The third-order valence-corrected chi connectivity index (χ3v) is 7.29. The molecule has 3 atom stereocenters. The number of carbonyl (C=O) groups is 3. The molecule has 9 nitrogen and oxygen atoms in total. The van der Waals surface area contributed by atoms with Crippen LogP contribution in [0.3, 0.4) is 0 Å². The van der Waals surface area contributed by atoms with Gasteiger partial charge in [0.1, 0.15) is 6.04 Å². The molecule has 6 N–H and O–H groups in total. The van der Waals surface area contributed by atoms with Gasteiger partial charge in [-0.15, -0.1) is 0 Å². The number of allylic oxidation sites excluding steroid dienone is 2. The Labute approximate surface area is 288 Å². The van der Waals surface area contributed by atoms with Crippen molar-refractivity contribution in [2.24, 2.45) is 23.4 Å². The minimum Gasteiger partial charge on any atom is -0.397 e. The molecule has 2 aromatic rings. The van der Waals surface area contributed by atoms with E-state index < -0.39 is 5.97 Å². The lowest BCUT2D eigenvalue weighted by molar-refractivity contribution is -0.185. The topological polar surface area (TPSA) is 140 Å². The molecule has 1 aliphatic carbocycles. The Morgan fingerprint density at radius 2 is 1.60 bits per heavy atom. The maximum absolute atomic E-state index is 11.5. The van der Waals surface area contributed by atoms with Gasteiger partial charge in [0.2, 0.25) is 11.8 Å². The number of nitrogens with two attached hydrogens (primary N) is 2. The fraction of sp³-hybridized carbons (Fsp3) is 0.500. The Morgan fingerprint density at radius 3 is 2.08 bits per heavy atom. The first-order valence-corrected chi connectivity index (χ1v) is 17.1. The average Bonchev–Trinajstić information content (AvgIpc) is 3.72. The monoisotopic (exact) mass is 669 g/mol. The predicted octanol–water partition coefficient (Wildman–Crippen LogP) is 7.14. The molecule has 0 bridgehead atoms. The molecule has 0 aromatic heterocycles. The molecule has 2 aromatic carbocycles. The molecular weight excluding hydrogens is 609 g/mol. The highest BCUT2D eigenvalue weighted by atomic mass is 19.3. The third-order valence-electron chi connectivity index (χ3n) is 7.29. The summed E-state index contributed by atoms with van der Waals surface area (Å²) in [6.07, 6.45) is 14.6. The Bertz CT molecular complexity index is 1170. The summed E-state index contributed by atoms with van der Waals surface area (Å²) < 4.78 is 11.5. The number of benzene rings is 2. The number of amides is 2. The summed E-state index contributed by atoms with van der Waals surface area (Å²) in [5.41, 5.74) is 10.9. The highest BCUT2D eigenvalue weighted by Crippen LogP contribution is 2.40. The molecule has 1 saturated heterocycles. The van der Waals surface area contributed by atoms with Crippen LogP contribution in [0.2, 0.25) is 0 Å². The summed E-state index contributed by atoms with van der Waals surface area (Å²) in [6.45, 7) is 11.0. The van der Waals surface area contributed by atoms with Gasteiger partial charge in [-0.3, -0.25) is 20.4 Å². The van der Waals surface area contributed by atoms with E-state index >= 15 is 0 Å². The van der Waals surface area contributed by atoms with E-state index in [0.717, 1.165) is 37.8 Å². The number of hydrogen-bond donors (Lipinski definition) is 4. The molecule has 1 heterocycles. The molecule has 0 spiro atoms. The van der Waals surface area contributed by atoms with E-state index in [2.05, 4.69) is 61.6 Å². The maximum Gasteiger partial charge on any atom is 0.352 e. The lowest BCUT2D eigenvalue weighted by atomic mass is 10.2. The van der Waals surface area contributed by atoms with Crippen molar-refractivity contribution >= 4 is 23.5 Å². The minimum atomic E-state index is -0.715. The van der Waals surface area contributed by atoms with Gasteiger partial charge in [-0.25, -0.2) is 4.79 Å². The summed E-state index contributed by atoms with van der Waals surface area (Å²) in [5, 5.41) is 2.58. The van der Waals surface area contributed by atoms with Crippen molar-refractivity contribution in [1.82, 2.24) is 15.6 Å². The van der Waals surface area contributed by atoms with Crippen molar-refractivity contribution in [3.8, 4) is 0 Å². The molecule has 4 rings (SSSR count). The molecular formula is C38H60FN5O4. The van der Waals surface area contributed by atoms with Gasteiger partial charge in [-0.05, 0) is 50.5 Å². The standard InChI is InChI=1S/C11H17FO2.C9H16N2O2.C8H11N3.C7H8.C3H8/c1-2-3-4-5-6-7-9-8-10(9)11(13)14-12;1-3-8(12)11-6-4-5-7(11)9(13)10-2;9-8(6-11-10)7-4-2-1-3-5-7;1-7-5-3-2-4-6-7;1-3-2/h6-7,9-10H,2-5,8H2,1H3;7H,3-6H2,1-2H3,(H,10,13);1-6,11H,9-10H2;2-6H,1H3;3H2,1-2H3/b7-6-;;8-6-;;. The Balaban J connectivity index is 0.000000609. The summed E-state index contributed by atoms with van der Waals surface area (Å²) in [7, 11) is 1.61. The zero-order valence-electron chi connectivity index (χ0n) is 29.9. The first-order chi connectivity index (χ1) is 23.1. The van der Waals surface area contributed by atoms with E-state index in [9.17, 15) is 18.9 Å². The molecule has 10 heteroatoms. The fourth-order valence-electron chi connectivity index (χ4n) is 4.58. The van der Waals surface area contributed by atoms with Gasteiger partial charge in [-0.2, -0.15) is 0 Å². The van der Waals surface area contributed by atoms with E-state index in [0.29, 0.717) is 12.1 Å². The van der Waals surface area contributed by atoms with Crippen molar-refractivity contribution in [2.45, 2.75) is 98.4 Å². The lowest BCUT2D eigenvalue weighted by Crippen LogP contribution is -2.44. The van der Waals surface area contributed by atoms with E-state index in [1.807, 2.05) is 61.5 Å². The van der Waals surface area contributed by atoms with Gasteiger partial charge in [0.15, 0.2) is 0 Å². The molecule has 1 aliphatic heterocycles. The van der Waals surface area contributed by atoms with Crippen LogP contribution in [0.25, 0.3) is 5.70 Å². The number of likely N-dealkylation sites (tertiary alicyclic amines) is 1. The fourth-order valence-corrected chi connectivity index (χ4v) is 4.58. The molecule has 2 amide bonds. The lowest BCUT2D eigenvalue weighted by Gasteiger charge is -2.22. The molecule has 268 valence electrons. The number of carbonyl (C=O) groups excluding carboxylic acids is 3. The zero-order valence-corrected chi connectivity index (χ0v) is 29.9. The van der Waals surface area contributed by atoms with Gasteiger partial charge in [-0.1, -0.05) is 125 Å². The van der Waals surface area contributed by atoms with Gasteiger partial charge in [0.25, 0.3) is 0 Å². The van der Waals surface area contributed by atoms with Crippen LogP contribution in [0.4, 0.5) is 4.53 Å². The molecule has 2 aliphatic rings. The second kappa shape index (κ2) is 27.9. The average molecular weight is 670 g/mol. The van der Waals surface area contributed by atoms with Crippen molar-refractivity contribution < 1.29 is 23.9 Å². The van der Waals surface area contributed by atoms with Crippen LogP contribution in [-0.2, 0) is 19.3 Å². The largest absolute Gasteiger partial charge is 0.397 e. The van der Waals surface area contributed by atoms with Crippen LogP contribution in [0.15, 0.2) is 79.0 Å². The van der Waals surface area contributed by atoms with Crippen LogP contribution in [0.5, 0.6) is 0 Å². The zero-order chi connectivity index (χ0) is 36.2. The van der Waals surface area contributed by atoms with E-state index in [1.54, 1.807) is 18.1 Å². The molecule has 1 saturated carbocycles. The summed E-state index contributed by atoms with van der Waals surface area (Å²) >= 11 is 0. The number of unbranched alkanes of at least 4 members (excludes halogenated alkanes) is 3. The minimum absolute atomic E-state index is 0.0423. The van der Waals surface area contributed by atoms with Gasteiger partial charge in [0, 0.05) is 30.7 Å². The quantitative estimate of drug-likeness (QED) is 0.0913. The van der Waals surface area contributed by atoms with Crippen molar-refractivity contribution in [3.05, 3.63) is 90.1 Å². The highest BCUT2D eigenvalue weighted by molar-refractivity contribution is 5.87. The number of likely N-dealkylation sites (N-methyl/N-ethyl adjacent to an activating group) is 1. The number of nitrogens with one attached hydrogen (secondary N) is 2. The smallest absolute Gasteiger partial charge is 0.352 e. The molecule has 2 fully saturated rings. The van der Waals surface area contributed by atoms with Crippen LogP contribution in [0.1, 0.15) is 96.6 Å². The highest BCUT2D eigenvalue weighted by Gasteiger charge is 2.43. The van der Waals surface area contributed by atoms with Gasteiger partial charge < -0.3 is 21.4 Å². The molecule has 3 unspecified atom stereocenters.